The van der Waals surface area contributed by atoms with Crippen LogP contribution in [0.3, 0.4) is 0 Å². The molecule has 0 atom stereocenters. The fourth-order valence-corrected chi connectivity index (χ4v) is 4.43. The van der Waals surface area contributed by atoms with Crippen LogP contribution >= 0.6 is 12.2 Å². The first-order chi connectivity index (χ1) is 13.2. The van der Waals surface area contributed by atoms with E-state index in [0.29, 0.717) is 6.04 Å². The molecule has 0 radical (unpaired) electrons. The smallest absolute Gasteiger partial charge is 0.184 e. The lowest BCUT2D eigenvalue weighted by molar-refractivity contribution is 0.304. The van der Waals surface area contributed by atoms with Crippen LogP contribution in [0, 0.1) is 0 Å². The Kier molecular flexibility index (Phi) is 5.20. The molecule has 0 spiro atoms. The van der Waals surface area contributed by atoms with E-state index in [1.54, 1.807) is 0 Å². The largest absolute Gasteiger partial charge is 0.363 e. The summed E-state index contributed by atoms with van der Waals surface area (Å²) in [4.78, 5) is 2.34. The van der Waals surface area contributed by atoms with Gasteiger partial charge in [-0.05, 0) is 72.6 Å². The standard InChI is InChI=1S/C20H26N6S/c1-3-14-9-10-18-15(11-14)12-16(19-22-23-24-26(18)19)13-25(20(27)21-4-2)17-7-5-6-8-17/h9-12,17H,3-8,13H2,1-2H3,(H,21,27). The van der Waals surface area contributed by atoms with Crippen LogP contribution in [0.4, 0.5) is 0 Å². The van der Waals surface area contributed by atoms with E-state index in [4.69, 9.17) is 12.2 Å². The van der Waals surface area contributed by atoms with Gasteiger partial charge in [0, 0.05) is 30.1 Å². The van der Waals surface area contributed by atoms with Gasteiger partial charge in [0.1, 0.15) is 0 Å². The van der Waals surface area contributed by atoms with E-state index in [1.165, 1.54) is 36.6 Å². The third-order valence-corrected chi connectivity index (χ3v) is 5.89. The highest BCUT2D eigenvalue weighted by molar-refractivity contribution is 7.80. The van der Waals surface area contributed by atoms with E-state index < -0.39 is 0 Å². The molecule has 6 nitrogen and oxygen atoms in total. The lowest BCUT2D eigenvalue weighted by Gasteiger charge is -2.31. The first kappa shape index (κ1) is 18.1. The second kappa shape index (κ2) is 7.76. The van der Waals surface area contributed by atoms with Crippen molar-refractivity contribution in [2.45, 2.75) is 58.5 Å². The first-order valence-corrected chi connectivity index (χ1v) is 10.3. The minimum atomic E-state index is 0.491. The van der Waals surface area contributed by atoms with Crippen molar-refractivity contribution in [3.63, 3.8) is 0 Å². The van der Waals surface area contributed by atoms with Crippen LogP contribution in [0.25, 0.3) is 16.6 Å². The minimum absolute atomic E-state index is 0.491. The van der Waals surface area contributed by atoms with Crippen molar-refractivity contribution in [3.05, 3.63) is 35.4 Å². The van der Waals surface area contributed by atoms with Crippen molar-refractivity contribution in [3.8, 4) is 0 Å². The zero-order valence-corrected chi connectivity index (χ0v) is 16.8. The molecular formula is C20H26N6S. The number of fused-ring (bicyclic) bond motifs is 3. The van der Waals surface area contributed by atoms with Crippen LogP contribution in [0.1, 0.15) is 50.7 Å². The number of nitrogens with one attached hydrogen (secondary N) is 1. The predicted molar refractivity (Wildman–Crippen MR) is 112 cm³/mol. The Morgan fingerprint density at radius 2 is 2.07 bits per heavy atom. The summed E-state index contributed by atoms with van der Waals surface area (Å²) in [6.45, 7) is 5.82. The zero-order valence-electron chi connectivity index (χ0n) is 16.0. The van der Waals surface area contributed by atoms with Crippen LogP contribution < -0.4 is 5.32 Å². The van der Waals surface area contributed by atoms with Crippen LogP contribution in [0.5, 0.6) is 0 Å². The van der Waals surface area contributed by atoms with Gasteiger partial charge in [0.15, 0.2) is 10.8 Å². The zero-order chi connectivity index (χ0) is 18.8. The summed E-state index contributed by atoms with van der Waals surface area (Å²) in [5, 5.41) is 17.8. The van der Waals surface area contributed by atoms with E-state index >= 15 is 0 Å². The number of rotatable bonds is 5. The highest BCUT2D eigenvalue weighted by Crippen LogP contribution is 2.27. The topological polar surface area (TPSA) is 58.4 Å². The van der Waals surface area contributed by atoms with Gasteiger partial charge in [-0.15, -0.1) is 5.10 Å². The lowest BCUT2D eigenvalue weighted by Crippen LogP contribution is -2.44. The van der Waals surface area contributed by atoms with E-state index in [0.717, 1.165) is 41.4 Å². The van der Waals surface area contributed by atoms with Crippen molar-refractivity contribution >= 4 is 33.9 Å². The molecule has 142 valence electrons. The predicted octanol–water partition coefficient (Wildman–Crippen LogP) is 3.48. The van der Waals surface area contributed by atoms with Gasteiger partial charge in [0.05, 0.1) is 5.52 Å². The van der Waals surface area contributed by atoms with Crippen molar-refractivity contribution in [1.29, 1.82) is 0 Å². The van der Waals surface area contributed by atoms with Crippen LogP contribution in [-0.4, -0.2) is 42.6 Å². The minimum Gasteiger partial charge on any atom is -0.363 e. The molecular weight excluding hydrogens is 356 g/mol. The molecule has 27 heavy (non-hydrogen) atoms. The third-order valence-electron chi connectivity index (χ3n) is 5.51. The van der Waals surface area contributed by atoms with Gasteiger partial charge in [-0.1, -0.05) is 25.8 Å². The quantitative estimate of drug-likeness (QED) is 0.682. The van der Waals surface area contributed by atoms with Crippen LogP contribution in [0.15, 0.2) is 24.3 Å². The Labute approximate surface area is 164 Å². The highest BCUT2D eigenvalue weighted by Gasteiger charge is 2.26. The molecule has 1 N–H and O–H groups in total. The fourth-order valence-electron chi connectivity index (χ4n) is 4.07. The number of hydrogen-bond donors (Lipinski definition) is 1. The Balaban J connectivity index is 1.77. The van der Waals surface area contributed by atoms with E-state index in [-0.39, 0.29) is 0 Å². The SMILES string of the molecule is CCNC(=S)N(Cc1cc2cc(CC)ccc2n2nnnc12)C1CCCC1. The average molecular weight is 383 g/mol. The molecule has 4 rings (SSSR count). The normalized spacial score (nSPS) is 14.9. The molecule has 0 bridgehead atoms. The molecule has 1 aromatic carbocycles. The maximum atomic E-state index is 5.70. The molecule has 3 aromatic rings. The second-order valence-electron chi connectivity index (χ2n) is 7.23. The summed E-state index contributed by atoms with van der Waals surface area (Å²) in [5.74, 6) is 0. The van der Waals surface area contributed by atoms with Crippen molar-refractivity contribution in [1.82, 2.24) is 30.3 Å². The molecule has 1 fully saturated rings. The second-order valence-corrected chi connectivity index (χ2v) is 7.62. The van der Waals surface area contributed by atoms with Gasteiger partial charge in [-0.25, -0.2) is 0 Å². The lowest BCUT2D eigenvalue weighted by atomic mass is 10.1. The molecule has 7 heteroatoms. The number of aryl methyl sites for hydroxylation is 1. The van der Waals surface area contributed by atoms with Crippen molar-refractivity contribution < 1.29 is 0 Å². The average Bonchev–Trinajstić information content (AvgIpc) is 3.37. The van der Waals surface area contributed by atoms with Crippen LogP contribution in [-0.2, 0) is 13.0 Å². The molecule has 1 aliphatic carbocycles. The highest BCUT2D eigenvalue weighted by atomic mass is 32.1. The van der Waals surface area contributed by atoms with Gasteiger partial charge in [0.2, 0.25) is 0 Å². The summed E-state index contributed by atoms with van der Waals surface area (Å²) >= 11 is 5.70. The van der Waals surface area contributed by atoms with E-state index in [1.807, 2.05) is 4.52 Å². The molecule has 1 aliphatic rings. The number of aromatic nitrogens is 4. The Bertz CT molecular complexity index is 960. The van der Waals surface area contributed by atoms with Gasteiger partial charge in [-0.3, -0.25) is 0 Å². The summed E-state index contributed by atoms with van der Waals surface area (Å²) in [6.07, 6.45) is 5.95. The van der Waals surface area contributed by atoms with E-state index in [9.17, 15) is 0 Å². The van der Waals surface area contributed by atoms with Gasteiger partial charge >= 0.3 is 0 Å². The van der Waals surface area contributed by atoms with Gasteiger partial charge in [-0.2, -0.15) is 4.52 Å². The summed E-state index contributed by atoms with van der Waals surface area (Å²) < 4.78 is 1.85. The van der Waals surface area contributed by atoms with Crippen molar-refractivity contribution in [2.24, 2.45) is 0 Å². The molecule has 2 aromatic heterocycles. The number of pyridine rings is 1. The molecule has 0 amide bonds. The van der Waals surface area contributed by atoms with Crippen LogP contribution in [0.2, 0.25) is 0 Å². The summed E-state index contributed by atoms with van der Waals surface area (Å²) in [5.41, 5.74) is 4.29. The number of thiocarbonyl (C=S) groups is 1. The molecule has 0 saturated heterocycles. The number of tetrazole rings is 1. The van der Waals surface area contributed by atoms with Gasteiger partial charge in [0.25, 0.3) is 0 Å². The number of hydrogen-bond acceptors (Lipinski definition) is 4. The van der Waals surface area contributed by atoms with Gasteiger partial charge < -0.3 is 10.2 Å². The Morgan fingerprint density at radius 1 is 1.26 bits per heavy atom. The van der Waals surface area contributed by atoms with Crippen molar-refractivity contribution in [2.75, 3.05) is 6.54 Å². The summed E-state index contributed by atoms with van der Waals surface area (Å²) in [6, 6.07) is 9.22. The first-order valence-electron chi connectivity index (χ1n) is 9.88. The maximum Gasteiger partial charge on any atom is 0.184 e. The number of nitrogens with zero attached hydrogens (tertiary/aromatic N) is 5. The molecule has 0 unspecified atom stereocenters. The number of benzene rings is 1. The Morgan fingerprint density at radius 3 is 2.81 bits per heavy atom. The molecule has 0 aliphatic heterocycles. The fraction of sp³-hybridized carbons (Fsp3) is 0.500. The maximum absolute atomic E-state index is 5.70. The monoisotopic (exact) mass is 382 g/mol. The molecule has 2 heterocycles. The Hall–Kier alpha value is -2.28. The third kappa shape index (κ3) is 3.48. The molecule has 1 saturated carbocycles. The summed E-state index contributed by atoms with van der Waals surface area (Å²) in [7, 11) is 0. The van der Waals surface area contributed by atoms with E-state index in [2.05, 4.69) is 63.9 Å².